The summed E-state index contributed by atoms with van der Waals surface area (Å²) in [7, 11) is -3.00. The first kappa shape index (κ1) is 11.4. The summed E-state index contributed by atoms with van der Waals surface area (Å²) in [5, 5.41) is 1.65. The van der Waals surface area contributed by atoms with Gasteiger partial charge < -0.3 is 4.74 Å². The Hall–Kier alpha value is -2.08. The molecular formula is C11H9NO4S. The Labute approximate surface area is 99.1 Å². The molecule has 0 unspecified atom stereocenters. The lowest BCUT2D eigenvalue weighted by Gasteiger charge is -2.06. The molecule has 5 nitrogen and oxygen atoms in total. The van der Waals surface area contributed by atoms with Gasteiger partial charge in [-0.1, -0.05) is 36.4 Å². The zero-order chi connectivity index (χ0) is 12.3. The Morgan fingerprint density at radius 1 is 1.06 bits per heavy atom. The van der Waals surface area contributed by atoms with Crippen LogP contribution in [-0.2, 0) is 10.9 Å². The van der Waals surface area contributed by atoms with Gasteiger partial charge in [0, 0.05) is 5.39 Å². The van der Waals surface area contributed by atoms with Crippen LogP contribution in [0.5, 0.6) is 5.75 Å². The van der Waals surface area contributed by atoms with E-state index in [-0.39, 0.29) is 0 Å². The van der Waals surface area contributed by atoms with E-state index in [1.807, 2.05) is 18.2 Å². The highest BCUT2D eigenvalue weighted by molar-refractivity contribution is 7.70. The minimum absolute atomic E-state index is 0.317. The third kappa shape index (κ3) is 2.73. The molecule has 88 valence electrons. The van der Waals surface area contributed by atoms with Gasteiger partial charge in [-0.25, -0.2) is 17.9 Å². The van der Waals surface area contributed by atoms with Crippen LogP contribution in [-0.4, -0.2) is 14.5 Å². The zero-order valence-corrected chi connectivity index (χ0v) is 9.52. The third-order valence-electron chi connectivity index (χ3n) is 2.13. The average molecular weight is 251 g/mol. The van der Waals surface area contributed by atoms with Gasteiger partial charge in [0.05, 0.1) is 0 Å². The summed E-state index contributed by atoms with van der Waals surface area (Å²) in [6, 6.07) is 12.5. The van der Waals surface area contributed by atoms with E-state index in [0.29, 0.717) is 5.75 Å². The molecule has 0 saturated heterocycles. The van der Waals surface area contributed by atoms with Gasteiger partial charge in [-0.3, -0.25) is 0 Å². The summed E-state index contributed by atoms with van der Waals surface area (Å²) in [5.74, 6) is 0.317. The molecule has 0 atom stereocenters. The lowest BCUT2D eigenvalue weighted by atomic mass is 10.1. The van der Waals surface area contributed by atoms with Crippen molar-refractivity contribution in [3.8, 4) is 5.75 Å². The Morgan fingerprint density at radius 2 is 1.76 bits per heavy atom. The van der Waals surface area contributed by atoms with Gasteiger partial charge in [0.1, 0.15) is 5.75 Å². The maximum Gasteiger partial charge on any atom is 0.426 e. The van der Waals surface area contributed by atoms with Crippen LogP contribution in [0.3, 0.4) is 0 Å². The van der Waals surface area contributed by atoms with E-state index in [4.69, 9.17) is 4.74 Å². The number of carbonyl (C=O) groups excluding carboxylic acids is 1. The number of hydrogen-bond donors (Lipinski definition) is 2. The van der Waals surface area contributed by atoms with E-state index >= 15 is 0 Å². The Kier molecular flexibility index (Phi) is 3.24. The van der Waals surface area contributed by atoms with E-state index in [1.54, 1.807) is 29.0 Å². The smallest absolute Gasteiger partial charge is 0.409 e. The van der Waals surface area contributed by atoms with Crippen molar-refractivity contribution in [3.63, 3.8) is 0 Å². The van der Waals surface area contributed by atoms with E-state index in [0.717, 1.165) is 10.8 Å². The molecule has 2 aromatic rings. The van der Waals surface area contributed by atoms with Crippen molar-refractivity contribution in [1.82, 2.24) is 4.72 Å². The van der Waals surface area contributed by atoms with Crippen LogP contribution >= 0.6 is 0 Å². The summed E-state index contributed by atoms with van der Waals surface area (Å²) in [5.41, 5.74) is 0. The van der Waals surface area contributed by atoms with Crippen molar-refractivity contribution < 1.29 is 17.9 Å². The van der Waals surface area contributed by atoms with Gasteiger partial charge in [-0.2, -0.15) is 0 Å². The van der Waals surface area contributed by atoms with E-state index in [9.17, 15) is 13.2 Å². The molecule has 0 heterocycles. The number of thiol groups is 1. The molecular weight excluding hydrogens is 242 g/mol. The number of rotatable bonds is 2. The van der Waals surface area contributed by atoms with Crippen LogP contribution in [0.2, 0.25) is 0 Å². The number of ether oxygens (including phenoxy) is 1. The Balaban J connectivity index is 2.33. The lowest BCUT2D eigenvalue weighted by Crippen LogP contribution is -2.25. The fourth-order valence-corrected chi connectivity index (χ4v) is 1.68. The van der Waals surface area contributed by atoms with Gasteiger partial charge in [-0.05, 0) is 11.5 Å². The SMILES string of the molecule is O=C(N[SH](=O)=O)Oc1cccc2ccccc12. The van der Waals surface area contributed by atoms with Gasteiger partial charge in [-0.15, -0.1) is 0 Å². The van der Waals surface area contributed by atoms with E-state index in [1.165, 1.54) is 0 Å². The monoisotopic (exact) mass is 251 g/mol. The predicted octanol–water partition coefficient (Wildman–Crippen LogP) is 1.45. The summed E-state index contributed by atoms with van der Waals surface area (Å²) < 4.78 is 27.1. The first-order valence-corrected chi connectivity index (χ1v) is 5.95. The fraction of sp³-hybridized carbons (Fsp3) is 0. The topological polar surface area (TPSA) is 72.5 Å². The molecule has 0 bridgehead atoms. The highest BCUT2D eigenvalue weighted by Crippen LogP contribution is 2.24. The number of amides is 1. The molecule has 1 N–H and O–H groups in total. The second-order valence-electron chi connectivity index (χ2n) is 3.24. The second kappa shape index (κ2) is 4.84. The van der Waals surface area contributed by atoms with Crippen LogP contribution in [0.4, 0.5) is 4.79 Å². The number of nitrogens with one attached hydrogen (secondary N) is 1. The van der Waals surface area contributed by atoms with Crippen molar-refractivity contribution >= 4 is 27.8 Å². The molecule has 0 saturated carbocycles. The highest BCUT2D eigenvalue weighted by atomic mass is 32.2. The summed E-state index contributed by atoms with van der Waals surface area (Å²) in [4.78, 5) is 11.1. The van der Waals surface area contributed by atoms with Crippen LogP contribution < -0.4 is 9.46 Å². The van der Waals surface area contributed by atoms with Crippen LogP contribution in [0.15, 0.2) is 42.5 Å². The van der Waals surface area contributed by atoms with Crippen molar-refractivity contribution in [2.24, 2.45) is 0 Å². The summed E-state index contributed by atoms with van der Waals surface area (Å²) in [6.07, 6.45) is -1.02. The number of benzene rings is 2. The summed E-state index contributed by atoms with van der Waals surface area (Å²) in [6.45, 7) is 0. The molecule has 0 spiro atoms. The molecule has 0 fully saturated rings. The van der Waals surface area contributed by atoms with Crippen LogP contribution in [0.25, 0.3) is 10.8 Å². The number of hydrogen-bond acceptors (Lipinski definition) is 4. The summed E-state index contributed by atoms with van der Waals surface area (Å²) >= 11 is 0. The Bertz CT molecular complexity index is 623. The standard InChI is InChI=1S/C11H9NO4S/c13-11(12-17(14)15)16-10-7-3-5-8-4-1-2-6-9(8)10/h1-7,17H,(H,12,13,14,15). The molecule has 0 aliphatic heterocycles. The van der Waals surface area contributed by atoms with Crippen molar-refractivity contribution in [1.29, 1.82) is 0 Å². The third-order valence-corrected chi connectivity index (χ3v) is 2.50. The van der Waals surface area contributed by atoms with Crippen LogP contribution in [0.1, 0.15) is 0 Å². The van der Waals surface area contributed by atoms with E-state index < -0.39 is 17.0 Å². The van der Waals surface area contributed by atoms with E-state index in [2.05, 4.69) is 0 Å². The van der Waals surface area contributed by atoms with Gasteiger partial charge in [0.25, 0.3) is 0 Å². The molecule has 6 heteroatoms. The maximum absolute atomic E-state index is 11.1. The van der Waals surface area contributed by atoms with Gasteiger partial charge in [0.15, 0.2) is 0 Å². The van der Waals surface area contributed by atoms with Crippen molar-refractivity contribution in [3.05, 3.63) is 42.5 Å². The molecule has 0 radical (unpaired) electrons. The fourth-order valence-electron chi connectivity index (χ4n) is 1.48. The van der Waals surface area contributed by atoms with Crippen LogP contribution in [0, 0.1) is 0 Å². The normalized spacial score (nSPS) is 10.4. The zero-order valence-electron chi connectivity index (χ0n) is 8.62. The average Bonchev–Trinajstić information content (AvgIpc) is 2.28. The minimum atomic E-state index is -3.00. The molecule has 2 aromatic carbocycles. The first-order chi connectivity index (χ1) is 8.16. The lowest BCUT2D eigenvalue weighted by molar-refractivity contribution is 0.207. The minimum Gasteiger partial charge on any atom is -0.409 e. The molecule has 1 amide bonds. The van der Waals surface area contributed by atoms with Gasteiger partial charge >= 0.3 is 6.09 Å². The number of fused-ring (bicyclic) bond motifs is 1. The van der Waals surface area contributed by atoms with Crippen molar-refractivity contribution in [2.75, 3.05) is 0 Å². The molecule has 17 heavy (non-hydrogen) atoms. The van der Waals surface area contributed by atoms with Gasteiger partial charge in [0.2, 0.25) is 10.9 Å². The highest BCUT2D eigenvalue weighted by Gasteiger charge is 2.07. The quantitative estimate of drug-likeness (QED) is 0.792. The predicted molar refractivity (Wildman–Crippen MR) is 63.4 cm³/mol. The molecule has 2 rings (SSSR count). The van der Waals surface area contributed by atoms with Crippen molar-refractivity contribution in [2.45, 2.75) is 0 Å². The Morgan fingerprint density at radius 3 is 2.53 bits per heavy atom. The second-order valence-corrected chi connectivity index (χ2v) is 3.97. The number of carbonyl (C=O) groups is 1. The molecule has 0 aromatic heterocycles. The molecule has 0 aliphatic rings. The largest absolute Gasteiger partial charge is 0.426 e. The molecule has 0 aliphatic carbocycles. The maximum atomic E-state index is 11.1. The first-order valence-electron chi connectivity index (χ1n) is 4.77.